The summed E-state index contributed by atoms with van der Waals surface area (Å²) in [6.45, 7) is 2.59. The van der Waals surface area contributed by atoms with Crippen LogP contribution in [0.3, 0.4) is 0 Å². The summed E-state index contributed by atoms with van der Waals surface area (Å²) in [5, 5.41) is 2.65. The molecule has 1 saturated heterocycles. The maximum atomic E-state index is 12.9. The summed E-state index contributed by atoms with van der Waals surface area (Å²) in [5.74, 6) is -0.00842. The minimum Gasteiger partial charge on any atom is -0.376 e. The van der Waals surface area contributed by atoms with Crippen molar-refractivity contribution in [2.24, 2.45) is 5.92 Å². The molecule has 1 aliphatic heterocycles. The molecule has 0 spiro atoms. The molecule has 3 rings (SSSR count). The summed E-state index contributed by atoms with van der Waals surface area (Å²) in [5.41, 5.74) is -0.783. The Balaban J connectivity index is 1.74. The molecule has 1 N–H and O–H groups in total. The largest absolute Gasteiger partial charge is 0.416 e. The molecular weight excluding hydrogens is 453 g/mol. The van der Waals surface area contributed by atoms with Gasteiger partial charge in [0.05, 0.1) is 27.7 Å². The van der Waals surface area contributed by atoms with Crippen LogP contribution in [-0.2, 0) is 16.2 Å². The first-order valence-corrected chi connectivity index (χ1v) is 11.5. The van der Waals surface area contributed by atoms with Crippen LogP contribution in [0, 0.1) is 5.92 Å². The van der Waals surface area contributed by atoms with Gasteiger partial charge in [-0.05, 0) is 49.1 Å². The number of Topliss-reactive ketones (excluding diaryl/α,β-unsaturated/α-hetero) is 1. The van der Waals surface area contributed by atoms with E-state index >= 15 is 0 Å². The van der Waals surface area contributed by atoms with Gasteiger partial charge in [0.1, 0.15) is 0 Å². The molecule has 1 aliphatic rings. The Bertz CT molecular complexity index is 1070. The first-order valence-electron chi connectivity index (χ1n) is 9.72. The van der Waals surface area contributed by atoms with Gasteiger partial charge < -0.3 is 5.32 Å². The Hall–Kier alpha value is -2.10. The number of piperidine rings is 1. The van der Waals surface area contributed by atoms with Crippen LogP contribution in [0.15, 0.2) is 47.4 Å². The molecule has 0 aliphatic carbocycles. The number of carbonyl (C=O) groups is 1. The van der Waals surface area contributed by atoms with Crippen molar-refractivity contribution < 1.29 is 26.4 Å². The zero-order valence-corrected chi connectivity index (χ0v) is 18.3. The molecule has 1 fully saturated rings. The molecule has 0 bridgehead atoms. The van der Waals surface area contributed by atoms with Gasteiger partial charge in [-0.3, -0.25) is 4.79 Å². The van der Waals surface area contributed by atoms with Crippen LogP contribution in [0.25, 0.3) is 0 Å². The van der Waals surface area contributed by atoms with E-state index in [1.54, 1.807) is 0 Å². The molecule has 2 aromatic carbocycles. The smallest absolute Gasteiger partial charge is 0.376 e. The highest BCUT2D eigenvalue weighted by atomic mass is 35.5. The van der Waals surface area contributed by atoms with E-state index in [2.05, 4.69) is 12.2 Å². The first-order chi connectivity index (χ1) is 14.5. The number of nitrogens with zero attached hydrogens (tertiary/aromatic N) is 1. The molecule has 10 heteroatoms. The maximum absolute atomic E-state index is 12.9. The van der Waals surface area contributed by atoms with Crippen LogP contribution < -0.4 is 5.32 Å². The lowest BCUT2D eigenvalue weighted by Crippen LogP contribution is -2.37. The van der Waals surface area contributed by atoms with Crippen molar-refractivity contribution in [2.75, 3.05) is 25.0 Å². The van der Waals surface area contributed by atoms with Gasteiger partial charge >= 0.3 is 6.18 Å². The normalized spacial score (nSPS) is 16.3. The van der Waals surface area contributed by atoms with Gasteiger partial charge in [-0.15, -0.1) is 0 Å². The van der Waals surface area contributed by atoms with Crippen molar-refractivity contribution in [2.45, 2.75) is 30.8 Å². The third kappa shape index (κ3) is 5.58. The van der Waals surface area contributed by atoms with Crippen LogP contribution in [0.5, 0.6) is 0 Å². The van der Waals surface area contributed by atoms with Crippen molar-refractivity contribution in [1.29, 1.82) is 0 Å². The second-order valence-corrected chi connectivity index (χ2v) is 9.93. The highest BCUT2D eigenvalue weighted by molar-refractivity contribution is 7.89. The van der Waals surface area contributed by atoms with E-state index in [1.165, 1.54) is 28.6 Å². The Labute approximate surface area is 184 Å². The number of carbonyl (C=O) groups excluding carboxylic acids is 1. The van der Waals surface area contributed by atoms with Crippen LogP contribution in [-0.4, -0.2) is 38.1 Å². The highest BCUT2D eigenvalue weighted by Gasteiger charge is 2.31. The molecule has 0 amide bonds. The third-order valence-electron chi connectivity index (χ3n) is 5.27. The standard InChI is InChI=1S/C21H22ClF3N2O3S/c1-14-7-9-27(10-8-14)31(29,30)17-4-2-3-15(11-17)20(28)13-26-19-12-16(21(23,24)25)5-6-18(19)22/h2-6,11-12,14,26H,7-10,13H2,1H3. The summed E-state index contributed by atoms with van der Waals surface area (Å²) in [4.78, 5) is 12.6. The predicted molar refractivity (Wildman–Crippen MR) is 113 cm³/mol. The fourth-order valence-corrected chi connectivity index (χ4v) is 5.02. The summed E-state index contributed by atoms with van der Waals surface area (Å²) in [7, 11) is -3.72. The quantitative estimate of drug-likeness (QED) is 0.593. The number of alkyl halides is 3. The molecule has 0 aromatic heterocycles. The Morgan fingerprint density at radius 1 is 1.16 bits per heavy atom. The average Bonchev–Trinajstić information content (AvgIpc) is 2.72. The third-order valence-corrected chi connectivity index (χ3v) is 7.49. The van der Waals surface area contributed by atoms with E-state index in [0.717, 1.165) is 31.0 Å². The summed E-state index contributed by atoms with van der Waals surface area (Å²) in [6.07, 6.45) is -2.99. The first kappa shape index (κ1) is 23.6. The number of hydrogen-bond donors (Lipinski definition) is 1. The minimum absolute atomic E-state index is 0.0185. The Kier molecular flexibility index (Phi) is 6.98. The molecule has 0 saturated carbocycles. The van der Waals surface area contributed by atoms with Crippen molar-refractivity contribution in [3.05, 3.63) is 58.6 Å². The van der Waals surface area contributed by atoms with E-state index in [4.69, 9.17) is 11.6 Å². The number of halogens is 4. The van der Waals surface area contributed by atoms with Gasteiger partial charge in [-0.2, -0.15) is 17.5 Å². The maximum Gasteiger partial charge on any atom is 0.416 e. The average molecular weight is 475 g/mol. The van der Waals surface area contributed by atoms with Crippen molar-refractivity contribution in [3.8, 4) is 0 Å². The molecule has 0 atom stereocenters. The van der Waals surface area contributed by atoms with Gasteiger partial charge in [0, 0.05) is 18.7 Å². The zero-order chi connectivity index (χ0) is 22.8. The fraction of sp³-hybridized carbons (Fsp3) is 0.381. The lowest BCUT2D eigenvalue weighted by Gasteiger charge is -2.29. The summed E-state index contributed by atoms with van der Waals surface area (Å²) in [6, 6.07) is 8.45. The van der Waals surface area contributed by atoms with E-state index in [9.17, 15) is 26.4 Å². The van der Waals surface area contributed by atoms with Gasteiger partial charge in [-0.1, -0.05) is 30.7 Å². The van der Waals surface area contributed by atoms with Crippen molar-refractivity contribution >= 4 is 33.1 Å². The minimum atomic E-state index is -4.54. The van der Waals surface area contributed by atoms with Crippen LogP contribution in [0.1, 0.15) is 35.7 Å². The number of sulfonamides is 1. The lowest BCUT2D eigenvalue weighted by atomic mass is 10.0. The fourth-order valence-electron chi connectivity index (χ4n) is 3.32. The van der Waals surface area contributed by atoms with E-state index < -0.39 is 27.5 Å². The molecule has 2 aromatic rings. The monoisotopic (exact) mass is 474 g/mol. The summed E-state index contributed by atoms with van der Waals surface area (Å²) < 4.78 is 65.9. The Morgan fingerprint density at radius 3 is 2.48 bits per heavy atom. The van der Waals surface area contributed by atoms with E-state index in [0.29, 0.717) is 19.0 Å². The molecule has 1 heterocycles. The van der Waals surface area contributed by atoms with Crippen LogP contribution in [0.2, 0.25) is 5.02 Å². The predicted octanol–water partition coefficient (Wildman–Crippen LogP) is 5.07. The molecule has 0 radical (unpaired) electrons. The molecule has 0 unspecified atom stereocenters. The zero-order valence-electron chi connectivity index (χ0n) is 16.7. The van der Waals surface area contributed by atoms with E-state index in [1.807, 2.05) is 0 Å². The SMILES string of the molecule is CC1CCN(S(=O)(=O)c2cccc(C(=O)CNc3cc(C(F)(F)F)ccc3Cl)c2)CC1. The molecular formula is C21H22ClF3N2O3S. The second kappa shape index (κ2) is 9.18. The highest BCUT2D eigenvalue weighted by Crippen LogP contribution is 2.33. The number of anilines is 1. The van der Waals surface area contributed by atoms with Crippen LogP contribution >= 0.6 is 11.6 Å². The Morgan fingerprint density at radius 2 is 1.84 bits per heavy atom. The number of nitrogens with one attached hydrogen (secondary N) is 1. The van der Waals surface area contributed by atoms with Crippen LogP contribution in [0.4, 0.5) is 18.9 Å². The molecule has 5 nitrogen and oxygen atoms in total. The second-order valence-electron chi connectivity index (χ2n) is 7.58. The van der Waals surface area contributed by atoms with Crippen molar-refractivity contribution in [3.63, 3.8) is 0 Å². The van der Waals surface area contributed by atoms with Gasteiger partial charge in [-0.25, -0.2) is 8.42 Å². The number of rotatable bonds is 6. The van der Waals surface area contributed by atoms with Gasteiger partial charge in [0.25, 0.3) is 0 Å². The topological polar surface area (TPSA) is 66.5 Å². The number of benzene rings is 2. The van der Waals surface area contributed by atoms with E-state index in [-0.39, 0.29) is 27.7 Å². The lowest BCUT2D eigenvalue weighted by molar-refractivity contribution is -0.137. The number of hydrogen-bond acceptors (Lipinski definition) is 4. The van der Waals surface area contributed by atoms with Gasteiger partial charge in [0.15, 0.2) is 5.78 Å². The molecule has 168 valence electrons. The molecule has 31 heavy (non-hydrogen) atoms. The summed E-state index contributed by atoms with van der Waals surface area (Å²) >= 11 is 5.93. The van der Waals surface area contributed by atoms with Gasteiger partial charge in [0.2, 0.25) is 10.0 Å². The van der Waals surface area contributed by atoms with Crippen molar-refractivity contribution in [1.82, 2.24) is 4.31 Å². The number of ketones is 1.